The minimum Gasteiger partial charge on any atom is -0.379 e. The molecule has 4 nitrogen and oxygen atoms in total. The van der Waals surface area contributed by atoms with Crippen molar-refractivity contribution in [3.63, 3.8) is 0 Å². The molecule has 0 unspecified atom stereocenters. The largest absolute Gasteiger partial charge is 0.379 e. The van der Waals surface area contributed by atoms with E-state index < -0.39 is 5.60 Å². The molecule has 1 fully saturated rings. The monoisotopic (exact) mass is 284 g/mol. The van der Waals surface area contributed by atoms with Crippen LogP contribution in [0, 0.1) is 10.8 Å². The van der Waals surface area contributed by atoms with Gasteiger partial charge < -0.3 is 15.3 Å². The highest BCUT2D eigenvalue weighted by Crippen LogP contribution is 2.26. The van der Waals surface area contributed by atoms with E-state index in [-0.39, 0.29) is 16.7 Å². The summed E-state index contributed by atoms with van der Waals surface area (Å²) in [4.78, 5) is 14.3. The number of piperidine rings is 1. The molecule has 1 atom stereocenters. The molecule has 0 bridgehead atoms. The highest BCUT2D eigenvalue weighted by molar-refractivity contribution is 5.86. The van der Waals surface area contributed by atoms with Crippen LogP contribution < -0.4 is 5.32 Å². The molecule has 20 heavy (non-hydrogen) atoms. The van der Waals surface area contributed by atoms with Gasteiger partial charge in [0.25, 0.3) is 5.91 Å². The number of nitrogens with zero attached hydrogens (tertiary/aromatic N) is 1. The molecule has 0 aliphatic carbocycles. The first-order chi connectivity index (χ1) is 8.93. The van der Waals surface area contributed by atoms with E-state index in [4.69, 9.17) is 0 Å². The quantitative estimate of drug-likeness (QED) is 0.830. The second-order valence-electron chi connectivity index (χ2n) is 8.59. The van der Waals surface area contributed by atoms with Gasteiger partial charge in [0.15, 0.2) is 5.60 Å². The number of amides is 1. The SMILES string of the molecule is CC(C)(C)CNC[C@]1(O)CCCN(CC(C)(C)C)C1=O. The molecule has 1 saturated heterocycles. The maximum Gasteiger partial charge on any atom is 0.255 e. The molecule has 1 aliphatic rings. The van der Waals surface area contributed by atoms with Gasteiger partial charge in [-0.25, -0.2) is 0 Å². The summed E-state index contributed by atoms with van der Waals surface area (Å²) in [6, 6.07) is 0. The molecule has 0 spiro atoms. The van der Waals surface area contributed by atoms with Crippen molar-refractivity contribution in [3.05, 3.63) is 0 Å². The van der Waals surface area contributed by atoms with E-state index in [9.17, 15) is 9.90 Å². The third kappa shape index (κ3) is 5.41. The van der Waals surface area contributed by atoms with E-state index in [0.29, 0.717) is 19.5 Å². The van der Waals surface area contributed by atoms with Gasteiger partial charge in [-0.05, 0) is 23.7 Å². The standard InChI is InChI=1S/C16H32N2O2/c1-14(2,3)10-17-11-16(20)8-7-9-18(13(16)19)12-15(4,5)6/h17,20H,7-12H2,1-6H3/t16-/m1/s1. The summed E-state index contributed by atoms with van der Waals surface area (Å²) in [5.41, 5.74) is -1.01. The van der Waals surface area contributed by atoms with E-state index >= 15 is 0 Å². The van der Waals surface area contributed by atoms with Crippen molar-refractivity contribution in [3.8, 4) is 0 Å². The second-order valence-corrected chi connectivity index (χ2v) is 8.59. The van der Waals surface area contributed by atoms with Gasteiger partial charge in [0.1, 0.15) is 0 Å². The Labute approximate surface area is 123 Å². The number of aliphatic hydroxyl groups is 1. The van der Waals surface area contributed by atoms with E-state index in [1.54, 1.807) is 0 Å². The summed E-state index contributed by atoms with van der Waals surface area (Å²) < 4.78 is 0. The predicted molar refractivity (Wildman–Crippen MR) is 82.5 cm³/mol. The van der Waals surface area contributed by atoms with E-state index in [1.807, 2.05) is 4.90 Å². The zero-order valence-electron chi connectivity index (χ0n) is 14.0. The van der Waals surface area contributed by atoms with Gasteiger partial charge in [-0.1, -0.05) is 41.5 Å². The van der Waals surface area contributed by atoms with Crippen LogP contribution in [0.5, 0.6) is 0 Å². The summed E-state index contributed by atoms with van der Waals surface area (Å²) in [7, 11) is 0. The Morgan fingerprint density at radius 3 is 2.30 bits per heavy atom. The third-order valence-corrected chi connectivity index (χ3v) is 3.44. The number of hydrogen-bond donors (Lipinski definition) is 2. The highest BCUT2D eigenvalue weighted by atomic mass is 16.3. The molecule has 1 aliphatic heterocycles. The normalized spacial score (nSPS) is 25.1. The Bertz CT molecular complexity index is 341. The first kappa shape index (κ1) is 17.4. The number of carbonyl (C=O) groups excluding carboxylic acids is 1. The average Bonchev–Trinajstić information content (AvgIpc) is 2.21. The molecule has 1 rings (SSSR count). The predicted octanol–water partition coefficient (Wildman–Crippen LogP) is 2.02. The topological polar surface area (TPSA) is 52.6 Å². The summed E-state index contributed by atoms with van der Waals surface area (Å²) in [6.07, 6.45) is 1.43. The second kappa shape index (κ2) is 6.02. The Hall–Kier alpha value is -0.610. The Morgan fingerprint density at radius 1 is 1.20 bits per heavy atom. The Morgan fingerprint density at radius 2 is 1.80 bits per heavy atom. The average molecular weight is 284 g/mol. The molecule has 1 amide bonds. The van der Waals surface area contributed by atoms with Crippen LogP contribution in [-0.2, 0) is 4.79 Å². The van der Waals surface area contributed by atoms with E-state index in [1.165, 1.54) is 0 Å². The molecule has 0 radical (unpaired) electrons. The number of carbonyl (C=O) groups is 1. The zero-order valence-corrected chi connectivity index (χ0v) is 14.0. The van der Waals surface area contributed by atoms with Crippen molar-refractivity contribution in [2.75, 3.05) is 26.2 Å². The fraction of sp³-hybridized carbons (Fsp3) is 0.938. The van der Waals surface area contributed by atoms with E-state index in [2.05, 4.69) is 46.9 Å². The third-order valence-electron chi connectivity index (χ3n) is 3.44. The van der Waals surface area contributed by atoms with Crippen LogP contribution in [0.2, 0.25) is 0 Å². The molecule has 1 heterocycles. The van der Waals surface area contributed by atoms with Crippen molar-refractivity contribution in [2.45, 2.75) is 60.0 Å². The van der Waals surface area contributed by atoms with Gasteiger partial charge in [-0.15, -0.1) is 0 Å². The summed E-state index contributed by atoms with van der Waals surface area (Å²) >= 11 is 0. The molecule has 118 valence electrons. The summed E-state index contributed by atoms with van der Waals surface area (Å²) in [5, 5.41) is 13.9. The van der Waals surface area contributed by atoms with Crippen LogP contribution in [0.3, 0.4) is 0 Å². The smallest absolute Gasteiger partial charge is 0.255 e. The Balaban J connectivity index is 2.62. The number of likely N-dealkylation sites (tertiary alicyclic amines) is 1. The van der Waals surface area contributed by atoms with Crippen LogP contribution in [-0.4, -0.2) is 47.7 Å². The van der Waals surface area contributed by atoms with Crippen molar-refractivity contribution >= 4 is 5.91 Å². The van der Waals surface area contributed by atoms with Crippen molar-refractivity contribution in [1.29, 1.82) is 0 Å². The van der Waals surface area contributed by atoms with Gasteiger partial charge >= 0.3 is 0 Å². The van der Waals surface area contributed by atoms with Gasteiger partial charge in [-0.3, -0.25) is 4.79 Å². The lowest BCUT2D eigenvalue weighted by molar-refractivity contribution is -0.158. The minimum absolute atomic E-state index is 0.0623. The number of rotatable bonds is 4. The fourth-order valence-corrected chi connectivity index (χ4v) is 2.60. The maximum atomic E-state index is 12.5. The minimum atomic E-state index is -1.23. The Kier molecular flexibility index (Phi) is 5.25. The van der Waals surface area contributed by atoms with Crippen molar-refractivity contribution in [2.24, 2.45) is 10.8 Å². The van der Waals surface area contributed by atoms with E-state index in [0.717, 1.165) is 19.5 Å². The maximum absolute atomic E-state index is 12.5. The fourth-order valence-electron chi connectivity index (χ4n) is 2.60. The molecule has 2 N–H and O–H groups in total. The number of hydrogen-bond acceptors (Lipinski definition) is 3. The first-order valence-corrected chi connectivity index (χ1v) is 7.66. The van der Waals surface area contributed by atoms with Crippen LogP contribution in [0.15, 0.2) is 0 Å². The number of nitrogens with one attached hydrogen (secondary N) is 1. The molecule has 0 aromatic heterocycles. The van der Waals surface area contributed by atoms with Crippen molar-refractivity contribution in [1.82, 2.24) is 10.2 Å². The van der Waals surface area contributed by atoms with Crippen molar-refractivity contribution < 1.29 is 9.90 Å². The molecule has 0 saturated carbocycles. The van der Waals surface area contributed by atoms with Crippen LogP contribution >= 0.6 is 0 Å². The first-order valence-electron chi connectivity index (χ1n) is 7.66. The molecular weight excluding hydrogens is 252 g/mol. The lowest BCUT2D eigenvalue weighted by Crippen LogP contribution is -2.59. The van der Waals surface area contributed by atoms with Crippen LogP contribution in [0.25, 0.3) is 0 Å². The molecular formula is C16H32N2O2. The summed E-state index contributed by atoms with van der Waals surface area (Å²) in [6.45, 7) is 15.4. The van der Waals surface area contributed by atoms with Crippen LogP contribution in [0.4, 0.5) is 0 Å². The van der Waals surface area contributed by atoms with Gasteiger partial charge in [0.05, 0.1) is 0 Å². The lowest BCUT2D eigenvalue weighted by Gasteiger charge is -2.41. The summed E-state index contributed by atoms with van der Waals surface area (Å²) in [5.74, 6) is -0.111. The highest BCUT2D eigenvalue weighted by Gasteiger charge is 2.42. The molecule has 0 aromatic rings. The van der Waals surface area contributed by atoms with Gasteiger partial charge in [-0.2, -0.15) is 0 Å². The van der Waals surface area contributed by atoms with Gasteiger partial charge in [0.2, 0.25) is 0 Å². The molecule has 4 heteroatoms. The van der Waals surface area contributed by atoms with Gasteiger partial charge in [0, 0.05) is 26.2 Å². The molecule has 0 aromatic carbocycles. The lowest BCUT2D eigenvalue weighted by atomic mass is 9.88. The zero-order chi connectivity index (χ0) is 15.6. The van der Waals surface area contributed by atoms with Crippen LogP contribution in [0.1, 0.15) is 54.4 Å².